The van der Waals surface area contributed by atoms with Gasteiger partial charge < -0.3 is 10.8 Å². The Labute approximate surface area is 185 Å². The number of carboxylic acids is 1. The Bertz CT molecular complexity index is 1190. The van der Waals surface area contributed by atoms with Crippen LogP contribution in [-0.4, -0.2) is 38.1 Å². The first-order chi connectivity index (χ1) is 14.9. The van der Waals surface area contributed by atoms with E-state index in [-0.39, 0.29) is 6.42 Å². The maximum absolute atomic E-state index is 11.6. The third kappa shape index (κ3) is 3.96. The van der Waals surface area contributed by atoms with Crippen LogP contribution in [0.4, 0.5) is 0 Å². The molecule has 1 atom stereocenters. The number of nitrogens with two attached hydrogens (primary N) is 1. The predicted molar refractivity (Wildman–Crippen MR) is 122 cm³/mol. The molecule has 1 aliphatic rings. The van der Waals surface area contributed by atoms with Crippen LogP contribution in [0.3, 0.4) is 0 Å². The van der Waals surface area contributed by atoms with Gasteiger partial charge in [0, 0.05) is 22.5 Å². The van der Waals surface area contributed by atoms with E-state index < -0.39 is 12.0 Å². The lowest BCUT2D eigenvalue weighted by Gasteiger charge is -2.11. The minimum atomic E-state index is -0.916. The van der Waals surface area contributed by atoms with E-state index in [1.165, 1.54) is 10.4 Å². The third-order valence-corrected chi connectivity index (χ3v) is 6.68. The fourth-order valence-electron chi connectivity index (χ4n) is 3.80. The van der Waals surface area contributed by atoms with Gasteiger partial charge in [0.2, 0.25) is 0 Å². The van der Waals surface area contributed by atoms with Gasteiger partial charge in [-0.3, -0.25) is 14.4 Å². The van der Waals surface area contributed by atoms with Gasteiger partial charge in [0.05, 0.1) is 12.1 Å². The monoisotopic (exact) mass is 435 g/mol. The number of nitrogens with zero attached hydrogens (tertiary/aromatic N) is 4. The number of carboxylic acid groups (broad SMARTS) is 1. The first-order valence-corrected chi connectivity index (χ1v) is 11.0. The quantitative estimate of drug-likeness (QED) is 0.575. The molecule has 7 nitrogen and oxygen atoms in total. The van der Waals surface area contributed by atoms with Gasteiger partial charge in [0.1, 0.15) is 16.9 Å². The minimum Gasteiger partial charge on any atom is -0.481 e. The summed E-state index contributed by atoms with van der Waals surface area (Å²) in [4.78, 5) is 17.7. The maximum Gasteiger partial charge on any atom is 0.306 e. The second kappa shape index (κ2) is 8.56. The van der Waals surface area contributed by atoms with Crippen molar-refractivity contribution in [3.05, 3.63) is 75.2 Å². The van der Waals surface area contributed by atoms with E-state index in [9.17, 15) is 9.90 Å². The van der Waals surface area contributed by atoms with Crippen molar-refractivity contribution >= 4 is 23.0 Å². The Morgan fingerprint density at radius 3 is 2.61 bits per heavy atom. The summed E-state index contributed by atoms with van der Waals surface area (Å²) in [5, 5.41) is 19.0. The lowest BCUT2D eigenvalue weighted by Crippen LogP contribution is -2.10. The summed E-state index contributed by atoms with van der Waals surface area (Å²) in [6.07, 6.45) is 4.67. The summed E-state index contributed by atoms with van der Waals surface area (Å²) in [7, 11) is 0. The van der Waals surface area contributed by atoms with E-state index >= 15 is 0 Å². The Morgan fingerprint density at radius 2 is 1.94 bits per heavy atom. The normalized spacial score (nSPS) is 15.5. The highest BCUT2D eigenvalue weighted by molar-refractivity contribution is 7.15. The van der Waals surface area contributed by atoms with Crippen LogP contribution in [-0.2, 0) is 11.2 Å². The molecule has 4 rings (SSSR count). The van der Waals surface area contributed by atoms with Crippen molar-refractivity contribution in [3.8, 4) is 5.00 Å². The molecule has 0 saturated heterocycles. The average Bonchev–Trinajstić information content (AvgIpc) is 3.21. The van der Waals surface area contributed by atoms with Gasteiger partial charge in [0.25, 0.3) is 0 Å². The smallest absolute Gasteiger partial charge is 0.306 e. The molecule has 3 heterocycles. The molecular weight excluding hydrogens is 410 g/mol. The molecular formula is C23H25N5O2S. The Kier molecular flexibility index (Phi) is 5.84. The van der Waals surface area contributed by atoms with Crippen LogP contribution in [0.2, 0.25) is 0 Å². The number of fused-ring (bicyclic) bond motifs is 3. The van der Waals surface area contributed by atoms with Crippen molar-refractivity contribution in [1.29, 1.82) is 0 Å². The predicted octanol–water partition coefficient (Wildman–Crippen LogP) is 3.68. The molecule has 0 saturated carbocycles. The van der Waals surface area contributed by atoms with Crippen molar-refractivity contribution in [2.24, 2.45) is 10.7 Å². The van der Waals surface area contributed by atoms with Crippen LogP contribution in [0, 0.1) is 20.8 Å². The van der Waals surface area contributed by atoms with Crippen LogP contribution in [0.1, 0.15) is 51.2 Å². The number of thiophene rings is 1. The number of allylic oxidation sites excluding steroid dienone is 1. The van der Waals surface area contributed by atoms with E-state index in [0.717, 1.165) is 39.6 Å². The SMILES string of the molecule is Cc1sc2c(c1C)C(c1ccc(C/C=C/CN)cc1)=N[C@H](CC(=O)O)c1nnc(C)n1-2. The number of benzene rings is 1. The number of aryl methyl sites for hydroxylation is 2. The van der Waals surface area contributed by atoms with E-state index in [0.29, 0.717) is 12.4 Å². The largest absolute Gasteiger partial charge is 0.481 e. The molecule has 0 amide bonds. The molecule has 0 bridgehead atoms. The summed E-state index contributed by atoms with van der Waals surface area (Å²) in [6.45, 7) is 6.59. The molecule has 8 heteroatoms. The number of hydrogen-bond acceptors (Lipinski definition) is 6. The number of aliphatic imine (C=N–C) groups is 1. The summed E-state index contributed by atoms with van der Waals surface area (Å²) in [5.41, 5.74) is 10.6. The van der Waals surface area contributed by atoms with Crippen LogP contribution in [0.5, 0.6) is 0 Å². The van der Waals surface area contributed by atoms with Gasteiger partial charge in [0.15, 0.2) is 5.82 Å². The van der Waals surface area contributed by atoms with Gasteiger partial charge in [-0.25, -0.2) is 0 Å². The van der Waals surface area contributed by atoms with Crippen molar-refractivity contribution in [2.45, 2.75) is 39.7 Å². The molecule has 3 N–H and O–H groups in total. The second-order valence-electron chi connectivity index (χ2n) is 7.60. The standard InChI is InChI=1S/C23H25N5O2S/c1-13-14(2)31-23-20(13)21(17-9-7-16(8-10-17)6-4-5-11-24)25-18(12-19(29)30)22-27-26-15(3)28(22)23/h4-5,7-10,18H,6,11-12,24H2,1-3H3,(H,29,30)/b5-4+/t18-/m1/s1. The van der Waals surface area contributed by atoms with E-state index in [2.05, 4.69) is 54.4 Å². The van der Waals surface area contributed by atoms with Crippen molar-refractivity contribution in [3.63, 3.8) is 0 Å². The molecule has 1 aliphatic heterocycles. The van der Waals surface area contributed by atoms with Crippen LogP contribution in [0.25, 0.3) is 5.00 Å². The highest BCUT2D eigenvalue weighted by atomic mass is 32.1. The molecule has 0 fully saturated rings. The minimum absolute atomic E-state index is 0.142. The highest BCUT2D eigenvalue weighted by Gasteiger charge is 2.32. The zero-order valence-electron chi connectivity index (χ0n) is 17.8. The van der Waals surface area contributed by atoms with E-state index in [1.54, 1.807) is 11.3 Å². The molecule has 0 unspecified atom stereocenters. The van der Waals surface area contributed by atoms with Crippen LogP contribution in [0.15, 0.2) is 41.4 Å². The summed E-state index contributed by atoms with van der Waals surface area (Å²) in [6, 6.07) is 7.65. The Morgan fingerprint density at radius 1 is 1.19 bits per heavy atom. The zero-order valence-corrected chi connectivity index (χ0v) is 18.6. The first kappa shape index (κ1) is 21.1. The Balaban J connectivity index is 1.87. The van der Waals surface area contributed by atoms with Gasteiger partial charge in [-0.2, -0.15) is 0 Å². The summed E-state index contributed by atoms with van der Waals surface area (Å²) < 4.78 is 1.97. The lowest BCUT2D eigenvalue weighted by atomic mass is 9.98. The molecule has 0 radical (unpaired) electrons. The maximum atomic E-state index is 11.6. The number of rotatable bonds is 6. The zero-order chi connectivity index (χ0) is 22.1. The molecule has 160 valence electrons. The number of carbonyl (C=O) groups is 1. The molecule has 31 heavy (non-hydrogen) atoms. The van der Waals surface area contributed by atoms with Crippen molar-refractivity contribution < 1.29 is 9.90 Å². The first-order valence-electron chi connectivity index (χ1n) is 10.2. The van der Waals surface area contributed by atoms with Gasteiger partial charge >= 0.3 is 5.97 Å². The molecule has 0 spiro atoms. The molecule has 0 aliphatic carbocycles. The van der Waals surface area contributed by atoms with E-state index in [1.807, 2.05) is 17.6 Å². The summed E-state index contributed by atoms with van der Waals surface area (Å²) in [5.74, 6) is 0.382. The van der Waals surface area contributed by atoms with Crippen molar-refractivity contribution in [2.75, 3.05) is 6.54 Å². The average molecular weight is 436 g/mol. The number of hydrogen-bond donors (Lipinski definition) is 2. The lowest BCUT2D eigenvalue weighted by molar-refractivity contribution is -0.137. The van der Waals surface area contributed by atoms with Gasteiger partial charge in [-0.15, -0.1) is 21.5 Å². The van der Waals surface area contributed by atoms with Crippen LogP contribution >= 0.6 is 11.3 Å². The molecule has 2 aromatic heterocycles. The highest BCUT2D eigenvalue weighted by Crippen LogP contribution is 2.39. The van der Waals surface area contributed by atoms with Gasteiger partial charge in [-0.05, 0) is 38.3 Å². The van der Waals surface area contributed by atoms with E-state index in [4.69, 9.17) is 10.7 Å². The second-order valence-corrected chi connectivity index (χ2v) is 8.81. The Hall–Kier alpha value is -3.10. The molecule has 1 aromatic carbocycles. The molecule has 3 aromatic rings. The summed E-state index contributed by atoms with van der Waals surface area (Å²) >= 11 is 1.66. The topological polar surface area (TPSA) is 106 Å². The van der Waals surface area contributed by atoms with Crippen molar-refractivity contribution in [1.82, 2.24) is 14.8 Å². The number of aliphatic carboxylic acids is 1. The third-order valence-electron chi connectivity index (χ3n) is 5.49. The fourth-order valence-corrected chi connectivity index (χ4v) is 5.02. The van der Waals surface area contributed by atoms with Gasteiger partial charge in [-0.1, -0.05) is 36.4 Å². The fraction of sp³-hybridized carbons (Fsp3) is 0.304. The number of aromatic nitrogens is 3. The van der Waals surface area contributed by atoms with Crippen LogP contribution < -0.4 is 5.73 Å².